The summed E-state index contributed by atoms with van der Waals surface area (Å²) in [4.78, 5) is 7.86. The van der Waals surface area contributed by atoms with Crippen molar-refractivity contribution in [3.8, 4) is 0 Å². The van der Waals surface area contributed by atoms with Crippen LogP contribution in [0.1, 0.15) is 0 Å². The van der Waals surface area contributed by atoms with Crippen LogP contribution in [0.4, 0.5) is 0 Å². The van der Waals surface area contributed by atoms with E-state index in [9.17, 15) is 4.57 Å². The molecule has 0 spiro atoms. The van der Waals surface area contributed by atoms with Gasteiger partial charge in [0.15, 0.2) is 0 Å². The first-order valence-corrected chi connectivity index (χ1v) is 3.62. The Labute approximate surface area is 89.8 Å². The van der Waals surface area contributed by atoms with Crippen molar-refractivity contribution in [2.24, 2.45) is 0 Å². The fraction of sp³-hybridized carbons (Fsp3) is 1.00. The summed E-state index contributed by atoms with van der Waals surface area (Å²) in [6.07, 6.45) is 1.58. The van der Waals surface area contributed by atoms with Crippen LogP contribution in [0.3, 0.4) is 0 Å². The zero-order valence-corrected chi connectivity index (χ0v) is 4.99. The van der Waals surface area contributed by atoms with E-state index >= 15 is 0 Å². The fourth-order valence-electron chi connectivity index (χ4n) is 0.0713. The van der Waals surface area contributed by atoms with Crippen molar-refractivity contribution in [3.63, 3.8) is 0 Å². The predicted octanol–water partition coefficient (Wildman–Crippen LogP) is 0.0145. The Morgan fingerprint density at radius 2 is 2.29 bits per heavy atom. The van der Waals surface area contributed by atoms with Crippen molar-refractivity contribution in [1.29, 1.82) is 0 Å². The van der Waals surface area contributed by atoms with E-state index < -0.39 is 8.25 Å². The summed E-state index contributed by atoms with van der Waals surface area (Å²) in [6.45, 7) is 0. The van der Waals surface area contributed by atoms with Gasteiger partial charge in [0.1, 0.15) is 0 Å². The molecule has 0 saturated carbocycles. The molecule has 0 aromatic heterocycles. The molecule has 40 valence electrons. The van der Waals surface area contributed by atoms with E-state index in [2.05, 4.69) is 3.97 Å². The molecule has 0 aromatic carbocycles. The molecular formula is CH6KO3PS. The first kappa shape index (κ1) is 11.9. The van der Waals surface area contributed by atoms with Crippen molar-refractivity contribution in [3.05, 3.63) is 0 Å². The molecule has 0 fully saturated rings. The van der Waals surface area contributed by atoms with Gasteiger partial charge in [-0.05, 0) is 12.0 Å². The molecule has 0 radical (unpaired) electrons. The van der Waals surface area contributed by atoms with E-state index in [4.69, 9.17) is 4.89 Å². The van der Waals surface area contributed by atoms with Crippen molar-refractivity contribution in [2.45, 2.75) is 0 Å². The summed E-state index contributed by atoms with van der Waals surface area (Å²) in [5.41, 5.74) is 0. The molecule has 1 atom stereocenters. The summed E-state index contributed by atoms with van der Waals surface area (Å²) >= 11 is 0.892. The first-order chi connectivity index (χ1) is 2.77. The second-order valence-corrected chi connectivity index (χ2v) is 2.05. The molecular weight excluding hydrogens is 162 g/mol. The van der Waals surface area contributed by atoms with Crippen LogP contribution in [-0.4, -0.2) is 62.5 Å². The molecule has 0 heterocycles. The standard InChI is InChI=1S/CH5O3PS.K.H/c1-6-4-5(2)3;;/h5H,1H3,(H,2,3);;. The van der Waals surface area contributed by atoms with E-state index in [1.165, 1.54) is 0 Å². The zero-order valence-electron chi connectivity index (χ0n) is 3.17. The Hall–Kier alpha value is 2.14. The number of hydrogen-bond donors (Lipinski definition) is 1. The summed E-state index contributed by atoms with van der Waals surface area (Å²) in [7, 11) is -2.67. The monoisotopic (exact) mass is 168 g/mol. The van der Waals surface area contributed by atoms with Gasteiger partial charge in [0.2, 0.25) is 0 Å². The Morgan fingerprint density at radius 1 is 1.86 bits per heavy atom. The molecule has 0 aliphatic carbocycles. The molecule has 3 nitrogen and oxygen atoms in total. The van der Waals surface area contributed by atoms with Crippen LogP contribution in [0, 0.1) is 0 Å². The Balaban J connectivity index is 0. The van der Waals surface area contributed by atoms with Gasteiger partial charge in [-0.15, -0.1) is 0 Å². The predicted molar refractivity (Wildman–Crippen MR) is 33.0 cm³/mol. The molecule has 0 bridgehead atoms. The van der Waals surface area contributed by atoms with Gasteiger partial charge in [-0.2, -0.15) is 0 Å². The Bertz CT molecular complexity index is 58.9. The molecule has 0 aliphatic rings. The quantitative estimate of drug-likeness (QED) is 0.358. The van der Waals surface area contributed by atoms with Gasteiger partial charge in [0.25, 0.3) is 0 Å². The average molecular weight is 168 g/mol. The molecule has 6 heteroatoms. The Kier molecular flexibility index (Phi) is 13.8. The average Bonchev–Trinajstić information content (AvgIpc) is 1.35. The topological polar surface area (TPSA) is 46.5 Å². The van der Waals surface area contributed by atoms with E-state index in [0.29, 0.717) is 0 Å². The van der Waals surface area contributed by atoms with Crippen LogP contribution in [0.2, 0.25) is 0 Å². The third kappa shape index (κ3) is 11.6. The first-order valence-electron chi connectivity index (χ1n) is 1.21. The van der Waals surface area contributed by atoms with E-state index in [1.807, 2.05) is 0 Å². The third-order valence-corrected chi connectivity index (χ3v) is 1.39. The van der Waals surface area contributed by atoms with Crippen LogP contribution >= 0.6 is 20.3 Å². The molecule has 1 unspecified atom stereocenters. The molecule has 0 amide bonds. The van der Waals surface area contributed by atoms with Gasteiger partial charge in [0, 0.05) is 6.26 Å². The summed E-state index contributed by atoms with van der Waals surface area (Å²) in [5, 5.41) is 0. The van der Waals surface area contributed by atoms with Gasteiger partial charge in [0.05, 0.1) is 0 Å². The number of hydrogen-bond acceptors (Lipinski definition) is 3. The van der Waals surface area contributed by atoms with Gasteiger partial charge < -0.3 is 4.89 Å². The van der Waals surface area contributed by atoms with Crippen molar-refractivity contribution >= 4 is 71.7 Å². The Morgan fingerprint density at radius 3 is 2.29 bits per heavy atom. The van der Waals surface area contributed by atoms with Crippen LogP contribution in [0.25, 0.3) is 0 Å². The molecule has 1 N–H and O–H groups in total. The van der Waals surface area contributed by atoms with E-state index in [1.54, 1.807) is 6.26 Å². The van der Waals surface area contributed by atoms with E-state index in [-0.39, 0.29) is 51.4 Å². The SMILES string of the molecule is CSO[PH](=O)O.[KH]. The summed E-state index contributed by atoms with van der Waals surface area (Å²) in [6, 6.07) is 0. The second kappa shape index (κ2) is 8.14. The molecule has 0 aromatic rings. The second-order valence-electron chi connectivity index (χ2n) is 0.516. The van der Waals surface area contributed by atoms with Gasteiger partial charge in [-0.1, -0.05) is 0 Å². The van der Waals surface area contributed by atoms with Gasteiger partial charge in [-0.3, -0.25) is 4.57 Å². The third-order valence-electron chi connectivity index (χ3n) is 0.155. The minimum atomic E-state index is -2.67. The number of rotatable bonds is 2. The minimum absolute atomic E-state index is 0. The fourth-order valence-corrected chi connectivity index (χ4v) is 0.642. The summed E-state index contributed by atoms with van der Waals surface area (Å²) < 4.78 is 13.6. The molecule has 0 rings (SSSR count). The van der Waals surface area contributed by atoms with Crippen LogP contribution in [0.5, 0.6) is 0 Å². The van der Waals surface area contributed by atoms with E-state index in [0.717, 1.165) is 12.0 Å². The van der Waals surface area contributed by atoms with Crippen LogP contribution in [-0.2, 0) is 8.54 Å². The maximum absolute atomic E-state index is 9.54. The van der Waals surface area contributed by atoms with Crippen molar-refractivity contribution in [2.75, 3.05) is 6.26 Å². The van der Waals surface area contributed by atoms with Gasteiger partial charge in [-0.25, -0.2) is 3.97 Å². The zero-order chi connectivity index (χ0) is 4.99. The van der Waals surface area contributed by atoms with Crippen molar-refractivity contribution < 1.29 is 13.4 Å². The summed E-state index contributed by atoms with van der Waals surface area (Å²) in [5.74, 6) is 0. The van der Waals surface area contributed by atoms with Gasteiger partial charge >= 0.3 is 59.6 Å². The molecule has 0 saturated heterocycles. The van der Waals surface area contributed by atoms with Crippen LogP contribution in [0.15, 0.2) is 0 Å². The van der Waals surface area contributed by atoms with Crippen LogP contribution < -0.4 is 0 Å². The molecule has 7 heavy (non-hydrogen) atoms. The molecule has 0 aliphatic heterocycles. The van der Waals surface area contributed by atoms with Crippen molar-refractivity contribution in [1.82, 2.24) is 0 Å². The normalized spacial score (nSPS) is 12.3. The maximum atomic E-state index is 9.54.